The predicted molar refractivity (Wildman–Crippen MR) is 143 cm³/mol. The van der Waals surface area contributed by atoms with E-state index in [0.717, 1.165) is 42.4 Å². The average molecular weight is 497 g/mol. The van der Waals surface area contributed by atoms with Crippen LogP contribution < -0.4 is 4.90 Å². The van der Waals surface area contributed by atoms with Gasteiger partial charge in [-0.1, -0.05) is 54.6 Å². The van der Waals surface area contributed by atoms with E-state index in [1.54, 1.807) is 4.90 Å². The molecule has 3 heterocycles. The molecule has 0 unspecified atom stereocenters. The molecule has 0 aromatic heterocycles. The van der Waals surface area contributed by atoms with Crippen molar-refractivity contribution in [1.29, 1.82) is 0 Å². The second kappa shape index (κ2) is 9.54. The third-order valence-corrected chi connectivity index (χ3v) is 8.26. The van der Waals surface area contributed by atoms with Crippen molar-refractivity contribution >= 4 is 34.2 Å². The van der Waals surface area contributed by atoms with Crippen LogP contribution >= 0.6 is 0 Å². The van der Waals surface area contributed by atoms with Crippen molar-refractivity contribution in [1.82, 2.24) is 14.7 Å². The first-order valence-corrected chi connectivity index (χ1v) is 13.2. The fourth-order valence-electron chi connectivity index (χ4n) is 6.21. The zero-order chi connectivity index (χ0) is 25.4. The highest BCUT2D eigenvalue weighted by Crippen LogP contribution is 2.40. The number of amides is 3. The van der Waals surface area contributed by atoms with Gasteiger partial charge in [0.25, 0.3) is 11.8 Å². The van der Waals surface area contributed by atoms with Crippen molar-refractivity contribution in [3.63, 3.8) is 0 Å². The van der Waals surface area contributed by atoms with Gasteiger partial charge in [-0.3, -0.25) is 14.4 Å². The topological polar surface area (TPSA) is 64.2 Å². The summed E-state index contributed by atoms with van der Waals surface area (Å²) in [6, 6.07) is 23.7. The minimum Gasteiger partial charge on any atom is -0.341 e. The normalized spacial score (nSPS) is 19.3. The lowest BCUT2D eigenvalue weighted by Crippen LogP contribution is -2.57. The molecule has 0 N–H and O–H groups in total. The fraction of sp³-hybridized carbons (Fsp3) is 0.367. The summed E-state index contributed by atoms with van der Waals surface area (Å²) in [5, 5.41) is 1.99. The van der Waals surface area contributed by atoms with Gasteiger partial charge in [-0.05, 0) is 54.7 Å². The van der Waals surface area contributed by atoms with E-state index in [0.29, 0.717) is 38.2 Å². The van der Waals surface area contributed by atoms with Crippen LogP contribution in [0.25, 0.3) is 10.8 Å². The minimum atomic E-state index is -0.748. The van der Waals surface area contributed by atoms with E-state index in [1.807, 2.05) is 82.6 Å². The van der Waals surface area contributed by atoms with Crippen LogP contribution in [0.1, 0.15) is 36.0 Å². The Hall–Kier alpha value is -3.87. The van der Waals surface area contributed by atoms with Crippen molar-refractivity contribution < 1.29 is 14.4 Å². The predicted octanol–water partition coefficient (Wildman–Crippen LogP) is 3.74. The summed E-state index contributed by atoms with van der Waals surface area (Å²) in [6.45, 7) is 3.04. The van der Waals surface area contributed by atoms with Crippen LogP contribution in [0.5, 0.6) is 0 Å². The Labute approximate surface area is 217 Å². The van der Waals surface area contributed by atoms with Crippen LogP contribution in [-0.2, 0) is 9.59 Å². The Morgan fingerprint density at radius 3 is 2.19 bits per heavy atom. The number of nitrogens with zero attached hydrogens (tertiary/aromatic N) is 4. The Kier molecular flexibility index (Phi) is 6.07. The van der Waals surface area contributed by atoms with Gasteiger partial charge in [-0.2, -0.15) is 0 Å². The summed E-state index contributed by atoms with van der Waals surface area (Å²) in [7, 11) is 0. The Balaban J connectivity index is 1.24. The number of likely N-dealkylation sites (tertiary alicyclic amines) is 2. The van der Waals surface area contributed by atoms with Gasteiger partial charge >= 0.3 is 0 Å². The molecule has 3 aromatic rings. The maximum atomic E-state index is 13.9. The first-order valence-electron chi connectivity index (χ1n) is 13.2. The summed E-state index contributed by atoms with van der Waals surface area (Å²) in [5.74, 6) is 0.0325. The Bertz CT molecular complexity index is 1320. The molecule has 3 saturated heterocycles. The SMILES string of the molecule is O=C(CN1CN(c2ccccc2)C2(CCN(C(=O)c3cccc4ccccc34)CC2)C1=O)N1CCCC1. The molecule has 7 nitrogen and oxygen atoms in total. The molecule has 0 bridgehead atoms. The van der Waals surface area contributed by atoms with E-state index < -0.39 is 5.54 Å². The first-order chi connectivity index (χ1) is 18.1. The van der Waals surface area contributed by atoms with Crippen LogP contribution in [0.2, 0.25) is 0 Å². The Morgan fingerprint density at radius 2 is 1.43 bits per heavy atom. The number of rotatable bonds is 4. The lowest BCUT2D eigenvalue weighted by molar-refractivity contribution is -0.140. The van der Waals surface area contributed by atoms with Crippen molar-refractivity contribution in [2.45, 2.75) is 31.2 Å². The summed E-state index contributed by atoms with van der Waals surface area (Å²) in [4.78, 5) is 48.1. The molecule has 7 heteroatoms. The lowest BCUT2D eigenvalue weighted by atomic mass is 9.85. The highest BCUT2D eigenvalue weighted by molar-refractivity contribution is 6.07. The number of anilines is 1. The number of carbonyl (C=O) groups excluding carboxylic acids is 3. The number of para-hydroxylation sites is 1. The summed E-state index contributed by atoms with van der Waals surface area (Å²) < 4.78 is 0. The van der Waals surface area contributed by atoms with E-state index >= 15 is 0 Å². The molecule has 3 aromatic carbocycles. The molecule has 3 aliphatic rings. The van der Waals surface area contributed by atoms with Crippen molar-refractivity contribution in [2.24, 2.45) is 0 Å². The first kappa shape index (κ1) is 23.5. The molecule has 1 spiro atoms. The lowest BCUT2D eigenvalue weighted by Gasteiger charge is -2.43. The largest absolute Gasteiger partial charge is 0.341 e. The van der Waals surface area contributed by atoms with Crippen LogP contribution in [0.4, 0.5) is 5.69 Å². The molecule has 6 rings (SSSR count). The number of carbonyl (C=O) groups is 3. The van der Waals surface area contributed by atoms with E-state index in [4.69, 9.17) is 0 Å². The highest BCUT2D eigenvalue weighted by atomic mass is 16.2. The van der Waals surface area contributed by atoms with Crippen LogP contribution in [0.15, 0.2) is 72.8 Å². The van der Waals surface area contributed by atoms with E-state index in [9.17, 15) is 14.4 Å². The maximum absolute atomic E-state index is 13.9. The second-order valence-electron chi connectivity index (χ2n) is 10.3. The summed E-state index contributed by atoms with van der Waals surface area (Å²) in [6.07, 6.45) is 3.12. The van der Waals surface area contributed by atoms with Crippen molar-refractivity contribution in [3.05, 3.63) is 78.4 Å². The number of hydrogen-bond donors (Lipinski definition) is 0. The Morgan fingerprint density at radius 1 is 0.757 bits per heavy atom. The zero-order valence-electron chi connectivity index (χ0n) is 21.0. The van der Waals surface area contributed by atoms with Crippen LogP contribution in [-0.4, -0.2) is 77.4 Å². The number of piperidine rings is 1. The van der Waals surface area contributed by atoms with E-state index in [2.05, 4.69) is 4.90 Å². The van der Waals surface area contributed by atoms with Crippen LogP contribution in [0, 0.1) is 0 Å². The molecule has 0 atom stereocenters. The smallest absolute Gasteiger partial charge is 0.254 e. The van der Waals surface area contributed by atoms with Crippen molar-refractivity contribution in [2.75, 3.05) is 44.3 Å². The monoisotopic (exact) mass is 496 g/mol. The van der Waals surface area contributed by atoms with Crippen LogP contribution in [0.3, 0.4) is 0 Å². The molecule has 0 radical (unpaired) electrons. The number of benzene rings is 3. The molecule has 3 amide bonds. The molecule has 190 valence electrons. The third-order valence-electron chi connectivity index (χ3n) is 8.26. The standard InChI is InChI=1S/C30H32N4O3/c35-27(31-17-6-7-18-31)21-33-22-34(24-11-2-1-3-12-24)30(29(33)37)15-19-32(20-16-30)28(36)26-14-8-10-23-9-4-5-13-25(23)26/h1-5,8-14H,6-7,15-22H2. The van der Waals surface area contributed by atoms with E-state index in [-0.39, 0.29) is 24.3 Å². The molecule has 3 aliphatic heterocycles. The molecule has 3 fully saturated rings. The van der Waals surface area contributed by atoms with Crippen molar-refractivity contribution in [3.8, 4) is 0 Å². The molecule has 37 heavy (non-hydrogen) atoms. The average Bonchev–Trinajstić information content (AvgIpc) is 3.58. The van der Waals surface area contributed by atoms with Gasteiger partial charge in [0.05, 0.1) is 6.67 Å². The van der Waals surface area contributed by atoms with Gasteiger partial charge in [0.2, 0.25) is 5.91 Å². The molecular weight excluding hydrogens is 464 g/mol. The second-order valence-corrected chi connectivity index (χ2v) is 10.3. The van der Waals surface area contributed by atoms with E-state index in [1.165, 1.54) is 0 Å². The highest BCUT2D eigenvalue weighted by Gasteiger charge is 2.54. The fourth-order valence-corrected chi connectivity index (χ4v) is 6.21. The van der Waals surface area contributed by atoms with Gasteiger partial charge in [0.15, 0.2) is 0 Å². The maximum Gasteiger partial charge on any atom is 0.254 e. The van der Waals surface area contributed by atoms with Gasteiger partial charge in [-0.15, -0.1) is 0 Å². The summed E-state index contributed by atoms with van der Waals surface area (Å²) in [5.41, 5.74) is 0.924. The van der Waals surface area contributed by atoms with Gasteiger partial charge in [0, 0.05) is 37.4 Å². The quantitative estimate of drug-likeness (QED) is 0.552. The molecule has 0 aliphatic carbocycles. The minimum absolute atomic E-state index is 0.00107. The van der Waals surface area contributed by atoms with Gasteiger partial charge in [-0.25, -0.2) is 0 Å². The zero-order valence-corrected chi connectivity index (χ0v) is 21.0. The third kappa shape index (κ3) is 4.12. The van der Waals surface area contributed by atoms with Gasteiger partial charge < -0.3 is 19.6 Å². The molecular formula is C30H32N4O3. The van der Waals surface area contributed by atoms with Gasteiger partial charge in [0.1, 0.15) is 12.1 Å². The molecule has 0 saturated carbocycles. The number of hydrogen-bond acceptors (Lipinski definition) is 4. The number of fused-ring (bicyclic) bond motifs is 1. The summed E-state index contributed by atoms with van der Waals surface area (Å²) >= 11 is 0.